The van der Waals surface area contributed by atoms with Crippen LogP contribution in [-0.4, -0.2) is 65.4 Å². The molecule has 178 valence electrons. The molecule has 0 bridgehead atoms. The van der Waals surface area contributed by atoms with Crippen molar-refractivity contribution in [3.8, 4) is 11.3 Å². The van der Waals surface area contributed by atoms with Crippen LogP contribution in [0.3, 0.4) is 0 Å². The molecule has 2 aliphatic heterocycles. The van der Waals surface area contributed by atoms with Gasteiger partial charge in [-0.2, -0.15) is 0 Å². The van der Waals surface area contributed by atoms with E-state index in [0.29, 0.717) is 18.7 Å². The normalized spacial score (nSPS) is 19.7. The summed E-state index contributed by atoms with van der Waals surface area (Å²) in [5.41, 5.74) is 5.49. The fourth-order valence-corrected chi connectivity index (χ4v) is 5.15. The predicted molar refractivity (Wildman–Crippen MR) is 132 cm³/mol. The van der Waals surface area contributed by atoms with Crippen molar-refractivity contribution in [1.82, 2.24) is 25.2 Å². The number of anilines is 2. The molecule has 3 aliphatic rings. The number of pyridine rings is 1. The average Bonchev–Trinajstić information content (AvgIpc) is 3.61. The van der Waals surface area contributed by atoms with Gasteiger partial charge in [0.2, 0.25) is 5.91 Å². The zero-order valence-electron chi connectivity index (χ0n) is 19.8. The van der Waals surface area contributed by atoms with Gasteiger partial charge < -0.3 is 20.4 Å². The maximum atomic E-state index is 13.0. The molecule has 2 aromatic heterocycles. The lowest BCUT2D eigenvalue weighted by molar-refractivity contribution is -0.123. The Balaban J connectivity index is 1.25. The Hall–Kier alpha value is -4.01. The zero-order chi connectivity index (χ0) is 24.2. The molecule has 6 rings (SSSR count). The van der Waals surface area contributed by atoms with E-state index >= 15 is 0 Å². The molecule has 1 saturated heterocycles. The van der Waals surface area contributed by atoms with Gasteiger partial charge in [0.1, 0.15) is 0 Å². The summed E-state index contributed by atoms with van der Waals surface area (Å²) in [7, 11) is 4.00. The summed E-state index contributed by atoms with van der Waals surface area (Å²) in [6, 6.07) is 9.79. The number of carbonyl (C=O) groups excluding carboxylic acids is 2. The molecule has 1 aliphatic carbocycles. The highest BCUT2D eigenvalue weighted by Crippen LogP contribution is 2.62. The molecular formula is C26H27N7O2. The van der Waals surface area contributed by atoms with Crippen LogP contribution in [0.1, 0.15) is 40.6 Å². The number of carbonyl (C=O) groups is 2. The van der Waals surface area contributed by atoms with Gasteiger partial charge >= 0.3 is 0 Å². The summed E-state index contributed by atoms with van der Waals surface area (Å²) in [4.78, 5) is 42.3. The largest absolute Gasteiger partial charge is 0.378 e. The molecule has 9 nitrogen and oxygen atoms in total. The van der Waals surface area contributed by atoms with Crippen LogP contribution >= 0.6 is 0 Å². The summed E-state index contributed by atoms with van der Waals surface area (Å²) >= 11 is 0. The lowest BCUT2D eigenvalue weighted by Crippen LogP contribution is -2.49. The quantitative estimate of drug-likeness (QED) is 0.605. The molecule has 1 saturated carbocycles. The van der Waals surface area contributed by atoms with Crippen LogP contribution in [0, 0.1) is 0 Å². The van der Waals surface area contributed by atoms with Crippen LogP contribution in [0.25, 0.3) is 11.3 Å². The highest BCUT2D eigenvalue weighted by molar-refractivity contribution is 5.98. The topological polar surface area (TPSA) is 103 Å². The molecule has 35 heavy (non-hydrogen) atoms. The minimum Gasteiger partial charge on any atom is -0.378 e. The van der Waals surface area contributed by atoms with Crippen molar-refractivity contribution in [2.75, 3.05) is 43.9 Å². The van der Waals surface area contributed by atoms with Gasteiger partial charge in [0, 0.05) is 73.7 Å². The Morgan fingerprint density at radius 3 is 2.63 bits per heavy atom. The zero-order valence-corrected chi connectivity index (χ0v) is 19.8. The first-order valence-electron chi connectivity index (χ1n) is 11.9. The number of fused-ring (bicyclic) bond motifs is 2. The third kappa shape index (κ3) is 3.67. The van der Waals surface area contributed by atoms with Crippen LogP contribution in [0.5, 0.6) is 0 Å². The van der Waals surface area contributed by atoms with E-state index in [1.165, 1.54) is 5.56 Å². The van der Waals surface area contributed by atoms with E-state index in [1.54, 1.807) is 11.1 Å². The first kappa shape index (κ1) is 21.5. The number of amides is 2. The smallest absolute Gasteiger partial charge is 0.254 e. The second kappa shape index (κ2) is 8.04. The minimum atomic E-state index is -0.120. The molecular weight excluding hydrogens is 442 g/mol. The second-order valence-corrected chi connectivity index (χ2v) is 9.69. The van der Waals surface area contributed by atoms with Crippen LogP contribution in [0.4, 0.5) is 11.4 Å². The number of hydrogen-bond acceptors (Lipinski definition) is 7. The van der Waals surface area contributed by atoms with Gasteiger partial charge in [0.15, 0.2) is 5.82 Å². The van der Waals surface area contributed by atoms with Crippen molar-refractivity contribution in [2.24, 2.45) is 0 Å². The average molecular weight is 470 g/mol. The van der Waals surface area contributed by atoms with Crippen molar-refractivity contribution in [1.29, 1.82) is 0 Å². The summed E-state index contributed by atoms with van der Waals surface area (Å²) < 4.78 is 0. The van der Waals surface area contributed by atoms with Gasteiger partial charge in [0.25, 0.3) is 5.91 Å². The molecule has 2 amide bonds. The predicted octanol–water partition coefficient (Wildman–Crippen LogP) is 2.38. The standard InChI is InChI=1S/C26H27N7O2/c1-32(2)18-5-8-27-20(12-18)17-13-29-24(30-14-17)23-26(6-7-26)19-4-3-16(11-21(19)31-23)25(35)33-10-9-28-22(34)15-33/h3-5,8,11-14,23,31H,6-7,9-10,15H2,1-2H3,(H,28,34). The second-order valence-electron chi connectivity index (χ2n) is 9.69. The van der Waals surface area contributed by atoms with Crippen molar-refractivity contribution in [3.05, 3.63) is 65.9 Å². The Morgan fingerprint density at radius 1 is 1.11 bits per heavy atom. The SMILES string of the molecule is CN(C)c1ccnc(-c2cnc(C3Nc4cc(C(=O)N5CCNC(=O)C5)ccc4C34CC4)nc2)c1. The summed E-state index contributed by atoms with van der Waals surface area (Å²) in [5.74, 6) is 0.503. The van der Waals surface area contributed by atoms with Crippen LogP contribution in [0.2, 0.25) is 0 Å². The molecule has 1 spiro atoms. The van der Waals surface area contributed by atoms with Gasteiger partial charge in [0.05, 0.1) is 18.3 Å². The summed E-state index contributed by atoms with van der Waals surface area (Å²) in [6.07, 6.45) is 7.56. The minimum absolute atomic E-state index is 0.0352. The molecule has 1 atom stereocenters. The van der Waals surface area contributed by atoms with Crippen molar-refractivity contribution >= 4 is 23.2 Å². The van der Waals surface area contributed by atoms with E-state index in [2.05, 4.69) is 21.7 Å². The number of benzene rings is 1. The number of piperazine rings is 1. The lowest BCUT2D eigenvalue weighted by Gasteiger charge is -2.26. The molecule has 9 heteroatoms. The molecule has 4 heterocycles. The van der Waals surface area contributed by atoms with Gasteiger partial charge in [-0.1, -0.05) is 6.07 Å². The van der Waals surface area contributed by atoms with E-state index < -0.39 is 0 Å². The van der Waals surface area contributed by atoms with E-state index in [1.807, 2.05) is 55.7 Å². The number of nitrogens with one attached hydrogen (secondary N) is 2. The van der Waals surface area contributed by atoms with Crippen LogP contribution < -0.4 is 15.5 Å². The Bertz CT molecular complexity index is 1320. The third-order valence-electron chi connectivity index (χ3n) is 7.26. The Labute approximate surface area is 203 Å². The highest BCUT2D eigenvalue weighted by Gasteiger charge is 2.57. The third-order valence-corrected chi connectivity index (χ3v) is 7.26. The van der Waals surface area contributed by atoms with E-state index in [-0.39, 0.29) is 29.8 Å². The van der Waals surface area contributed by atoms with E-state index in [4.69, 9.17) is 9.97 Å². The van der Waals surface area contributed by atoms with Gasteiger partial charge in [-0.15, -0.1) is 0 Å². The lowest BCUT2D eigenvalue weighted by atomic mass is 9.90. The van der Waals surface area contributed by atoms with Crippen LogP contribution in [-0.2, 0) is 10.2 Å². The number of aromatic nitrogens is 3. The fraction of sp³-hybridized carbons (Fsp3) is 0.346. The van der Waals surface area contributed by atoms with Crippen molar-refractivity contribution < 1.29 is 9.59 Å². The Morgan fingerprint density at radius 2 is 1.91 bits per heavy atom. The summed E-state index contributed by atoms with van der Waals surface area (Å²) in [5, 5.41) is 6.36. The fourth-order valence-electron chi connectivity index (χ4n) is 5.15. The van der Waals surface area contributed by atoms with Gasteiger partial charge in [-0.25, -0.2) is 9.97 Å². The number of hydrogen-bond donors (Lipinski definition) is 2. The first-order chi connectivity index (χ1) is 16.9. The molecule has 2 N–H and O–H groups in total. The first-order valence-corrected chi connectivity index (χ1v) is 11.9. The van der Waals surface area contributed by atoms with Gasteiger partial charge in [-0.3, -0.25) is 14.6 Å². The Kier molecular flexibility index (Phi) is 4.94. The monoisotopic (exact) mass is 469 g/mol. The molecule has 1 unspecified atom stereocenters. The highest BCUT2D eigenvalue weighted by atomic mass is 16.2. The van der Waals surface area contributed by atoms with Crippen molar-refractivity contribution in [2.45, 2.75) is 24.3 Å². The number of rotatable bonds is 4. The molecule has 2 fully saturated rings. The molecule has 3 aromatic rings. The van der Waals surface area contributed by atoms with Gasteiger partial charge in [-0.05, 0) is 42.7 Å². The molecule has 1 aromatic carbocycles. The summed E-state index contributed by atoms with van der Waals surface area (Å²) in [6.45, 7) is 1.11. The van der Waals surface area contributed by atoms with E-state index in [9.17, 15) is 9.59 Å². The molecule has 0 radical (unpaired) electrons. The maximum absolute atomic E-state index is 13.0. The maximum Gasteiger partial charge on any atom is 0.254 e. The number of nitrogens with zero attached hydrogens (tertiary/aromatic N) is 5. The van der Waals surface area contributed by atoms with E-state index in [0.717, 1.165) is 41.3 Å². The van der Waals surface area contributed by atoms with Crippen LogP contribution in [0.15, 0.2) is 48.9 Å². The van der Waals surface area contributed by atoms with Crippen molar-refractivity contribution in [3.63, 3.8) is 0 Å².